The van der Waals surface area contributed by atoms with E-state index in [1.165, 1.54) is 6.07 Å². The van der Waals surface area contributed by atoms with Crippen LogP contribution in [0.25, 0.3) is 5.69 Å². The Hall–Kier alpha value is -1.68. The van der Waals surface area contributed by atoms with Gasteiger partial charge in [0.1, 0.15) is 11.6 Å². The van der Waals surface area contributed by atoms with Crippen molar-refractivity contribution in [3.63, 3.8) is 0 Å². The van der Waals surface area contributed by atoms with E-state index in [0.29, 0.717) is 11.1 Å². The van der Waals surface area contributed by atoms with Crippen LogP contribution in [0.3, 0.4) is 0 Å². The summed E-state index contributed by atoms with van der Waals surface area (Å²) < 4.78 is 15.6. The molecule has 0 bridgehead atoms. The SMILES string of the molecule is CCCc1nccn1-c1cc(C)c(F)cc1[C@@H](C)O. The molecule has 0 spiro atoms. The van der Waals surface area contributed by atoms with Gasteiger partial charge in [-0.1, -0.05) is 6.92 Å². The molecule has 2 aromatic rings. The van der Waals surface area contributed by atoms with E-state index >= 15 is 0 Å². The summed E-state index contributed by atoms with van der Waals surface area (Å²) in [5.74, 6) is 0.632. The summed E-state index contributed by atoms with van der Waals surface area (Å²) in [6, 6.07) is 3.17. The molecule has 0 aliphatic rings. The number of imidazole rings is 1. The molecular formula is C15H19FN2O. The zero-order valence-corrected chi connectivity index (χ0v) is 11.5. The van der Waals surface area contributed by atoms with E-state index in [-0.39, 0.29) is 5.82 Å². The molecule has 3 nitrogen and oxygen atoms in total. The molecule has 19 heavy (non-hydrogen) atoms. The standard InChI is InChI=1S/C15H19FN2O/c1-4-5-15-17-6-7-18(15)14-8-10(2)13(16)9-12(14)11(3)19/h6-9,11,19H,4-5H2,1-3H3/t11-/m1/s1. The van der Waals surface area contributed by atoms with Crippen molar-refractivity contribution in [2.45, 2.75) is 39.7 Å². The summed E-state index contributed by atoms with van der Waals surface area (Å²) in [5.41, 5.74) is 1.95. The average Bonchev–Trinajstić information content (AvgIpc) is 2.80. The lowest BCUT2D eigenvalue weighted by atomic mass is 10.0. The molecule has 4 heteroatoms. The van der Waals surface area contributed by atoms with Crippen molar-refractivity contribution >= 4 is 0 Å². The number of nitrogens with zero attached hydrogens (tertiary/aromatic N) is 2. The van der Waals surface area contributed by atoms with E-state index in [9.17, 15) is 9.50 Å². The normalized spacial score (nSPS) is 12.7. The van der Waals surface area contributed by atoms with Crippen LogP contribution in [0.15, 0.2) is 24.5 Å². The minimum absolute atomic E-state index is 0.295. The van der Waals surface area contributed by atoms with Crippen LogP contribution in [0.5, 0.6) is 0 Å². The highest BCUT2D eigenvalue weighted by Gasteiger charge is 2.15. The van der Waals surface area contributed by atoms with E-state index in [2.05, 4.69) is 11.9 Å². The van der Waals surface area contributed by atoms with Crippen LogP contribution in [-0.2, 0) is 6.42 Å². The first-order valence-corrected chi connectivity index (χ1v) is 6.55. The van der Waals surface area contributed by atoms with E-state index in [1.807, 2.05) is 10.8 Å². The van der Waals surface area contributed by atoms with Gasteiger partial charge in [0.05, 0.1) is 11.8 Å². The molecule has 0 saturated heterocycles. The number of aliphatic hydroxyl groups is 1. The van der Waals surface area contributed by atoms with Crippen LogP contribution in [0, 0.1) is 12.7 Å². The van der Waals surface area contributed by atoms with Crippen LogP contribution in [-0.4, -0.2) is 14.7 Å². The summed E-state index contributed by atoms with van der Waals surface area (Å²) in [6.07, 6.45) is 4.70. The van der Waals surface area contributed by atoms with Crippen LogP contribution in [0.4, 0.5) is 4.39 Å². The van der Waals surface area contributed by atoms with Gasteiger partial charge in [0.15, 0.2) is 0 Å². The third-order valence-electron chi connectivity index (χ3n) is 3.21. The molecule has 0 fully saturated rings. The van der Waals surface area contributed by atoms with Crippen molar-refractivity contribution in [1.82, 2.24) is 9.55 Å². The van der Waals surface area contributed by atoms with E-state index in [1.54, 1.807) is 26.1 Å². The molecule has 0 aliphatic heterocycles. The van der Waals surface area contributed by atoms with Crippen molar-refractivity contribution < 1.29 is 9.50 Å². The summed E-state index contributed by atoms with van der Waals surface area (Å²) in [7, 11) is 0. The van der Waals surface area contributed by atoms with Gasteiger partial charge in [-0.15, -0.1) is 0 Å². The van der Waals surface area contributed by atoms with E-state index in [0.717, 1.165) is 24.4 Å². The first kappa shape index (κ1) is 13.7. The number of hydrogen-bond donors (Lipinski definition) is 1. The van der Waals surface area contributed by atoms with Crippen molar-refractivity contribution in [2.75, 3.05) is 0 Å². The molecule has 0 saturated carbocycles. The third-order valence-corrected chi connectivity index (χ3v) is 3.21. The van der Waals surface area contributed by atoms with Gasteiger partial charge in [-0.05, 0) is 38.0 Å². The number of aromatic nitrogens is 2. The number of aliphatic hydroxyl groups excluding tert-OH is 1. The smallest absolute Gasteiger partial charge is 0.126 e. The number of hydrogen-bond acceptors (Lipinski definition) is 2. The summed E-state index contributed by atoms with van der Waals surface area (Å²) in [5, 5.41) is 9.84. The first-order chi connectivity index (χ1) is 9.04. The van der Waals surface area contributed by atoms with Gasteiger partial charge >= 0.3 is 0 Å². The Kier molecular flexibility index (Phi) is 4.00. The van der Waals surface area contributed by atoms with Crippen LogP contribution in [0.2, 0.25) is 0 Å². The second-order valence-electron chi connectivity index (χ2n) is 4.80. The fourth-order valence-corrected chi connectivity index (χ4v) is 2.19. The molecular weight excluding hydrogens is 243 g/mol. The Morgan fingerprint density at radius 1 is 1.42 bits per heavy atom. The van der Waals surface area contributed by atoms with Crippen LogP contribution < -0.4 is 0 Å². The number of rotatable bonds is 4. The van der Waals surface area contributed by atoms with Gasteiger partial charge < -0.3 is 9.67 Å². The molecule has 1 aromatic heterocycles. The van der Waals surface area contributed by atoms with Gasteiger partial charge in [-0.3, -0.25) is 0 Å². The fraction of sp³-hybridized carbons (Fsp3) is 0.400. The average molecular weight is 262 g/mol. The first-order valence-electron chi connectivity index (χ1n) is 6.55. The fourth-order valence-electron chi connectivity index (χ4n) is 2.19. The molecule has 2 rings (SSSR count). The molecule has 1 aromatic carbocycles. The lowest BCUT2D eigenvalue weighted by Gasteiger charge is -2.16. The highest BCUT2D eigenvalue weighted by molar-refractivity contribution is 5.46. The topological polar surface area (TPSA) is 38.0 Å². The zero-order valence-electron chi connectivity index (χ0n) is 11.5. The highest BCUT2D eigenvalue weighted by Crippen LogP contribution is 2.26. The molecule has 102 valence electrons. The maximum Gasteiger partial charge on any atom is 0.126 e. The Bertz CT molecular complexity index is 576. The monoisotopic (exact) mass is 262 g/mol. The maximum absolute atomic E-state index is 13.7. The van der Waals surface area contributed by atoms with Gasteiger partial charge in [-0.2, -0.15) is 0 Å². The second kappa shape index (κ2) is 5.53. The second-order valence-corrected chi connectivity index (χ2v) is 4.80. The minimum Gasteiger partial charge on any atom is -0.389 e. The Morgan fingerprint density at radius 3 is 2.79 bits per heavy atom. The van der Waals surface area contributed by atoms with Crippen molar-refractivity contribution in [3.05, 3.63) is 47.3 Å². The summed E-state index contributed by atoms with van der Waals surface area (Å²) in [6.45, 7) is 5.45. The zero-order chi connectivity index (χ0) is 14.0. The molecule has 0 aliphatic carbocycles. The summed E-state index contributed by atoms with van der Waals surface area (Å²) in [4.78, 5) is 4.32. The predicted octanol–water partition coefficient (Wildman–Crippen LogP) is 3.33. The van der Waals surface area contributed by atoms with Gasteiger partial charge in [0.25, 0.3) is 0 Å². The molecule has 0 unspecified atom stereocenters. The van der Waals surface area contributed by atoms with Gasteiger partial charge in [-0.25, -0.2) is 9.37 Å². The van der Waals surface area contributed by atoms with E-state index < -0.39 is 6.10 Å². The number of aryl methyl sites for hydroxylation is 2. The highest BCUT2D eigenvalue weighted by atomic mass is 19.1. The lowest BCUT2D eigenvalue weighted by Crippen LogP contribution is -2.07. The van der Waals surface area contributed by atoms with Crippen LogP contribution in [0.1, 0.15) is 43.3 Å². The number of benzene rings is 1. The van der Waals surface area contributed by atoms with Gasteiger partial charge in [0, 0.05) is 24.4 Å². The van der Waals surface area contributed by atoms with Gasteiger partial charge in [0.2, 0.25) is 0 Å². The maximum atomic E-state index is 13.7. The molecule has 0 radical (unpaired) electrons. The predicted molar refractivity (Wildman–Crippen MR) is 72.9 cm³/mol. The Balaban J connectivity index is 2.60. The van der Waals surface area contributed by atoms with Crippen LogP contribution >= 0.6 is 0 Å². The van der Waals surface area contributed by atoms with Crippen molar-refractivity contribution in [3.8, 4) is 5.69 Å². The summed E-state index contributed by atoms with van der Waals surface area (Å²) >= 11 is 0. The van der Waals surface area contributed by atoms with Crippen molar-refractivity contribution in [1.29, 1.82) is 0 Å². The quantitative estimate of drug-likeness (QED) is 0.917. The van der Waals surface area contributed by atoms with Crippen molar-refractivity contribution in [2.24, 2.45) is 0 Å². The molecule has 1 atom stereocenters. The third kappa shape index (κ3) is 2.68. The van der Waals surface area contributed by atoms with E-state index in [4.69, 9.17) is 0 Å². The minimum atomic E-state index is -0.720. The Morgan fingerprint density at radius 2 is 2.16 bits per heavy atom. The molecule has 1 N–H and O–H groups in total. The molecule has 1 heterocycles. The lowest BCUT2D eigenvalue weighted by molar-refractivity contribution is 0.198. The Labute approximate surface area is 112 Å². The largest absolute Gasteiger partial charge is 0.389 e. The number of halogens is 1. The molecule has 0 amide bonds.